The summed E-state index contributed by atoms with van der Waals surface area (Å²) in [5.74, 6) is 1.10. The highest BCUT2D eigenvalue weighted by molar-refractivity contribution is 8.18. The number of thiophene rings is 1. The van der Waals surface area contributed by atoms with E-state index in [-0.39, 0.29) is 12.2 Å². The number of rotatable bonds is 6. The average Bonchev–Trinajstić information content (AvgIpc) is 3.13. The Morgan fingerprint density at radius 1 is 1.26 bits per heavy atom. The summed E-state index contributed by atoms with van der Waals surface area (Å²) < 4.78 is 30.2. The summed E-state index contributed by atoms with van der Waals surface area (Å²) in [7, 11) is 4.13. The highest BCUT2D eigenvalue weighted by Gasteiger charge is 2.41. The van der Waals surface area contributed by atoms with Gasteiger partial charge in [0, 0.05) is 27.5 Å². The Labute approximate surface area is 169 Å². The zero-order chi connectivity index (χ0) is 19.6. The van der Waals surface area contributed by atoms with Gasteiger partial charge >= 0.3 is 5.97 Å². The van der Waals surface area contributed by atoms with Gasteiger partial charge in [0.15, 0.2) is 23.4 Å². The minimum Gasteiger partial charge on any atom is -0.493 e. The summed E-state index contributed by atoms with van der Waals surface area (Å²) in [6.45, 7) is 0. The molecule has 0 saturated carbocycles. The molecule has 2 heterocycles. The third kappa shape index (κ3) is 3.87. The number of carbonyl (C=O) groups excluding carboxylic acids is 1. The number of hydrogen-bond acceptors (Lipinski definition) is 8. The Hall–Kier alpha value is -1.16. The van der Waals surface area contributed by atoms with Crippen LogP contribution in [-0.2, 0) is 13.6 Å². The van der Waals surface area contributed by atoms with Gasteiger partial charge in [0.2, 0.25) is 0 Å². The number of carbonyl (C=O) groups is 1. The number of hydrogen-bond donors (Lipinski definition) is 1. The van der Waals surface area contributed by atoms with Crippen molar-refractivity contribution in [3.8, 4) is 11.5 Å². The first kappa shape index (κ1) is 20.6. The Kier molecular flexibility index (Phi) is 6.45. The lowest BCUT2D eigenvalue weighted by Gasteiger charge is -2.36. The first-order chi connectivity index (χ1) is 13.0. The second-order valence-corrected chi connectivity index (χ2v) is 10.1. The van der Waals surface area contributed by atoms with E-state index in [0.29, 0.717) is 11.1 Å². The summed E-state index contributed by atoms with van der Waals surface area (Å²) in [5, 5.41) is 10.7. The molecule has 0 aliphatic carbocycles. The van der Waals surface area contributed by atoms with E-state index in [4.69, 9.17) is 9.47 Å². The number of methoxy groups -OCH3 is 3. The van der Waals surface area contributed by atoms with Gasteiger partial charge in [0.1, 0.15) is 0 Å². The predicted octanol–water partition coefficient (Wildman–Crippen LogP) is 4.00. The second-order valence-electron chi connectivity index (χ2n) is 5.99. The number of aliphatic hydroxyl groups is 1. The quantitative estimate of drug-likeness (QED) is 0.692. The van der Waals surface area contributed by atoms with E-state index in [1.807, 2.05) is 0 Å². The molecule has 148 valence electrons. The molecule has 0 bridgehead atoms. The summed E-state index contributed by atoms with van der Waals surface area (Å²) in [6, 6.07) is 3.56. The third-order valence-electron chi connectivity index (χ3n) is 4.38. The molecule has 27 heavy (non-hydrogen) atoms. The van der Waals surface area contributed by atoms with Crippen molar-refractivity contribution in [1.29, 1.82) is 0 Å². The van der Waals surface area contributed by atoms with Gasteiger partial charge in [-0.25, -0.2) is 9.18 Å². The van der Waals surface area contributed by atoms with E-state index in [1.54, 1.807) is 35.7 Å². The molecule has 1 aromatic heterocycles. The first-order valence-electron chi connectivity index (χ1n) is 8.34. The molecule has 0 spiro atoms. The number of ether oxygens (including phenoxy) is 3. The molecule has 0 radical (unpaired) electrons. The minimum atomic E-state index is -1.23. The van der Waals surface area contributed by atoms with Crippen LogP contribution in [0, 0.1) is 5.82 Å². The van der Waals surface area contributed by atoms with E-state index in [9.17, 15) is 14.3 Å². The van der Waals surface area contributed by atoms with Crippen LogP contribution in [0.2, 0.25) is 0 Å². The minimum absolute atomic E-state index is 0.0712. The Bertz CT molecular complexity index is 832. The van der Waals surface area contributed by atoms with Crippen molar-refractivity contribution < 1.29 is 28.5 Å². The molecule has 1 atom stereocenters. The summed E-state index contributed by atoms with van der Waals surface area (Å²) in [4.78, 5) is 12.7. The van der Waals surface area contributed by atoms with Crippen LogP contribution < -0.4 is 9.47 Å². The number of halogens is 1. The molecule has 1 aromatic carbocycles. The lowest BCUT2D eigenvalue weighted by molar-refractivity contribution is -0.150. The van der Waals surface area contributed by atoms with Gasteiger partial charge in [0.05, 0.1) is 25.4 Å². The highest BCUT2D eigenvalue weighted by Crippen LogP contribution is 2.56. The maximum Gasteiger partial charge on any atom is 0.334 e. The van der Waals surface area contributed by atoms with Gasteiger partial charge in [-0.3, -0.25) is 0 Å². The van der Waals surface area contributed by atoms with Crippen molar-refractivity contribution in [2.45, 2.75) is 23.0 Å². The third-order valence-corrected chi connectivity index (χ3v) is 9.28. The van der Waals surface area contributed by atoms with Crippen LogP contribution in [0.15, 0.2) is 12.1 Å². The summed E-state index contributed by atoms with van der Waals surface area (Å²) in [6.07, 6.45) is 0.0246. The van der Waals surface area contributed by atoms with Gasteiger partial charge in [-0.2, -0.15) is 0 Å². The maximum absolute atomic E-state index is 14.9. The van der Waals surface area contributed by atoms with Crippen LogP contribution in [0.4, 0.5) is 4.39 Å². The topological polar surface area (TPSA) is 65.0 Å². The fourth-order valence-corrected chi connectivity index (χ4v) is 7.92. The first-order valence-corrected chi connectivity index (χ1v) is 11.1. The molecular formula is C18H21FO5S3. The zero-order valence-electron chi connectivity index (χ0n) is 15.2. The number of thioether (sulfide) groups is 2. The maximum atomic E-state index is 14.9. The Balaban J connectivity index is 2.08. The van der Waals surface area contributed by atoms with Crippen LogP contribution in [0.1, 0.15) is 17.7 Å². The average molecular weight is 433 g/mol. The number of benzene rings is 1. The van der Waals surface area contributed by atoms with Crippen molar-refractivity contribution in [3.05, 3.63) is 22.8 Å². The molecule has 1 saturated heterocycles. The standard InChI is InChI=1S/C18H21FO5S3/c1-22-12-8-13-10(15(19)16(12)23-2)7-14(27-13)18(25-5-4-6-26-18)9-11(20)17(21)24-3/h7-8,11,20H,4-6,9H2,1-3H3/t11-/m1/s1. The SMILES string of the molecule is COC(=O)[C@H](O)CC1(c2cc3c(F)c(OC)c(OC)cc3s2)SCCCS1. The fourth-order valence-electron chi connectivity index (χ4n) is 3.04. The van der Waals surface area contributed by atoms with Gasteiger partial charge < -0.3 is 19.3 Å². The van der Waals surface area contributed by atoms with Gasteiger partial charge in [-0.1, -0.05) is 0 Å². The number of fused-ring (bicyclic) bond motifs is 1. The van der Waals surface area contributed by atoms with Crippen LogP contribution in [-0.4, -0.2) is 50.0 Å². The second kappa shape index (κ2) is 8.46. The van der Waals surface area contributed by atoms with Crippen LogP contribution >= 0.6 is 34.9 Å². The zero-order valence-corrected chi connectivity index (χ0v) is 17.7. The van der Waals surface area contributed by atoms with Crippen molar-refractivity contribution >= 4 is 50.9 Å². The molecule has 0 amide bonds. The van der Waals surface area contributed by atoms with Crippen LogP contribution in [0.3, 0.4) is 0 Å². The molecule has 5 nitrogen and oxygen atoms in total. The van der Waals surface area contributed by atoms with Crippen molar-refractivity contribution in [1.82, 2.24) is 0 Å². The summed E-state index contributed by atoms with van der Waals surface area (Å²) >= 11 is 4.81. The van der Waals surface area contributed by atoms with Crippen molar-refractivity contribution in [3.63, 3.8) is 0 Å². The largest absolute Gasteiger partial charge is 0.493 e. The van der Waals surface area contributed by atoms with E-state index in [0.717, 1.165) is 27.5 Å². The van der Waals surface area contributed by atoms with Crippen LogP contribution in [0.25, 0.3) is 10.1 Å². The van der Waals surface area contributed by atoms with E-state index < -0.39 is 22.0 Å². The van der Waals surface area contributed by atoms with Gasteiger partial charge in [0.25, 0.3) is 0 Å². The normalized spacial score (nSPS) is 17.5. The molecule has 1 aliphatic rings. The molecule has 1 aliphatic heterocycles. The monoisotopic (exact) mass is 432 g/mol. The lowest BCUT2D eigenvalue weighted by atomic mass is 10.1. The molecule has 1 fully saturated rings. The predicted molar refractivity (Wildman–Crippen MR) is 109 cm³/mol. The lowest BCUT2D eigenvalue weighted by Crippen LogP contribution is -2.32. The number of esters is 1. The van der Waals surface area contributed by atoms with Crippen molar-refractivity contribution in [2.75, 3.05) is 32.8 Å². The molecule has 9 heteroatoms. The molecule has 2 aromatic rings. The van der Waals surface area contributed by atoms with Gasteiger partial charge in [-0.15, -0.1) is 34.9 Å². The molecular weight excluding hydrogens is 411 g/mol. The van der Waals surface area contributed by atoms with E-state index in [1.165, 1.54) is 32.7 Å². The molecule has 3 rings (SSSR count). The van der Waals surface area contributed by atoms with Crippen molar-refractivity contribution in [2.24, 2.45) is 0 Å². The Morgan fingerprint density at radius 3 is 2.56 bits per heavy atom. The number of aliphatic hydroxyl groups excluding tert-OH is 1. The Morgan fingerprint density at radius 2 is 1.96 bits per heavy atom. The van der Waals surface area contributed by atoms with E-state index >= 15 is 0 Å². The highest BCUT2D eigenvalue weighted by atomic mass is 32.2. The van der Waals surface area contributed by atoms with Crippen LogP contribution in [0.5, 0.6) is 11.5 Å². The molecule has 1 N–H and O–H groups in total. The van der Waals surface area contributed by atoms with E-state index in [2.05, 4.69) is 4.74 Å². The van der Waals surface area contributed by atoms with Gasteiger partial charge in [-0.05, 0) is 24.0 Å². The summed E-state index contributed by atoms with van der Waals surface area (Å²) in [5.41, 5.74) is 0. The smallest absolute Gasteiger partial charge is 0.334 e. The fraction of sp³-hybridized carbons (Fsp3) is 0.500. The molecule has 0 unspecified atom stereocenters.